The van der Waals surface area contributed by atoms with E-state index in [1.54, 1.807) is 24.3 Å². The molecule has 0 bridgehead atoms. The molecule has 2 aromatic carbocycles. The molecule has 0 heterocycles. The zero-order valence-corrected chi connectivity index (χ0v) is 15.2. The molecule has 0 aliphatic rings. The van der Waals surface area contributed by atoms with E-state index in [0.29, 0.717) is 17.7 Å². The number of carbonyl (C=O) groups is 2. The van der Waals surface area contributed by atoms with E-state index in [9.17, 15) is 9.59 Å². The van der Waals surface area contributed by atoms with Gasteiger partial charge < -0.3 is 10.6 Å². The van der Waals surface area contributed by atoms with Crippen LogP contribution < -0.4 is 10.6 Å². The highest BCUT2D eigenvalue weighted by Crippen LogP contribution is 2.17. The first kappa shape index (κ1) is 18.7. The quantitative estimate of drug-likeness (QED) is 0.732. The maximum atomic E-state index is 12.5. The van der Waals surface area contributed by atoms with Crippen LogP contribution in [0.2, 0.25) is 0 Å². The minimum Gasteiger partial charge on any atom is -0.352 e. The van der Waals surface area contributed by atoms with E-state index >= 15 is 0 Å². The highest BCUT2D eigenvalue weighted by Gasteiger charge is 2.11. The lowest BCUT2D eigenvalue weighted by molar-refractivity contribution is 0.0953. The predicted octanol–water partition coefficient (Wildman–Crippen LogP) is 4.48. The number of anilines is 1. The monoisotopic (exact) mass is 338 g/mol. The molecule has 0 aromatic heterocycles. The van der Waals surface area contributed by atoms with Crippen molar-refractivity contribution in [2.45, 2.75) is 40.0 Å². The lowest BCUT2D eigenvalue weighted by atomic mass is 10.1. The molecular formula is C21H26N2O2. The Morgan fingerprint density at radius 2 is 1.64 bits per heavy atom. The van der Waals surface area contributed by atoms with Crippen LogP contribution in [0.3, 0.4) is 0 Å². The van der Waals surface area contributed by atoms with Crippen molar-refractivity contribution in [3.8, 4) is 0 Å². The number of amides is 2. The van der Waals surface area contributed by atoms with Gasteiger partial charge in [0.25, 0.3) is 11.8 Å². The summed E-state index contributed by atoms with van der Waals surface area (Å²) in [6.45, 7) is 6.76. The van der Waals surface area contributed by atoms with Crippen LogP contribution in [0.15, 0.2) is 42.5 Å². The second-order valence-corrected chi connectivity index (χ2v) is 6.32. The number of rotatable bonds is 7. The van der Waals surface area contributed by atoms with Gasteiger partial charge in [-0.1, -0.05) is 43.5 Å². The summed E-state index contributed by atoms with van der Waals surface area (Å²) in [5.41, 5.74) is 3.92. The van der Waals surface area contributed by atoms with Crippen molar-refractivity contribution in [2.24, 2.45) is 0 Å². The number of hydrogen-bond donors (Lipinski definition) is 2. The molecule has 0 aliphatic heterocycles. The number of aryl methyl sites for hydroxylation is 2. The Morgan fingerprint density at radius 3 is 2.32 bits per heavy atom. The fourth-order valence-corrected chi connectivity index (χ4v) is 2.63. The first-order chi connectivity index (χ1) is 12.0. The second-order valence-electron chi connectivity index (χ2n) is 6.32. The van der Waals surface area contributed by atoms with E-state index in [1.807, 2.05) is 32.0 Å². The summed E-state index contributed by atoms with van der Waals surface area (Å²) in [7, 11) is 0. The van der Waals surface area contributed by atoms with Gasteiger partial charge in [-0.15, -0.1) is 0 Å². The fraction of sp³-hybridized carbons (Fsp3) is 0.333. The molecule has 4 heteroatoms. The first-order valence-electron chi connectivity index (χ1n) is 8.78. The Labute approximate surface area is 149 Å². The van der Waals surface area contributed by atoms with Crippen LogP contribution >= 0.6 is 0 Å². The van der Waals surface area contributed by atoms with E-state index in [2.05, 4.69) is 17.6 Å². The van der Waals surface area contributed by atoms with Crippen molar-refractivity contribution in [3.05, 3.63) is 64.7 Å². The molecular weight excluding hydrogens is 312 g/mol. The summed E-state index contributed by atoms with van der Waals surface area (Å²) in [4.78, 5) is 24.7. The average Bonchev–Trinajstić information content (AvgIpc) is 2.61. The maximum Gasteiger partial charge on any atom is 0.255 e. The van der Waals surface area contributed by atoms with Crippen LogP contribution in [0.25, 0.3) is 0 Å². The van der Waals surface area contributed by atoms with Gasteiger partial charge in [0.05, 0.1) is 0 Å². The van der Waals surface area contributed by atoms with Gasteiger partial charge in [-0.3, -0.25) is 9.59 Å². The normalized spacial score (nSPS) is 10.4. The SMILES string of the molecule is CCCCCNC(=O)c1cccc(C(=O)Nc2ccc(C)cc2C)c1. The van der Waals surface area contributed by atoms with Crippen molar-refractivity contribution < 1.29 is 9.59 Å². The molecule has 2 N–H and O–H groups in total. The third-order valence-corrected chi connectivity index (χ3v) is 4.08. The molecule has 4 nitrogen and oxygen atoms in total. The highest BCUT2D eigenvalue weighted by atomic mass is 16.2. The van der Waals surface area contributed by atoms with Gasteiger partial charge in [0, 0.05) is 23.4 Å². The van der Waals surface area contributed by atoms with E-state index in [4.69, 9.17) is 0 Å². The van der Waals surface area contributed by atoms with Gasteiger partial charge in [-0.25, -0.2) is 0 Å². The molecule has 0 fully saturated rings. The number of hydrogen-bond acceptors (Lipinski definition) is 2. The Bertz CT molecular complexity index is 753. The molecule has 0 aliphatic carbocycles. The molecule has 0 radical (unpaired) electrons. The Kier molecular flexibility index (Phi) is 6.75. The van der Waals surface area contributed by atoms with Crippen molar-refractivity contribution in [1.29, 1.82) is 0 Å². The van der Waals surface area contributed by atoms with Gasteiger partial charge in [-0.05, 0) is 50.1 Å². The molecule has 0 spiro atoms. The lowest BCUT2D eigenvalue weighted by Crippen LogP contribution is -2.24. The third-order valence-electron chi connectivity index (χ3n) is 4.08. The van der Waals surface area contributed by atoms with Gasteiger partial charge in [0.1, 0.15) is 0 Å². The van der Waals surface area contributed by atoms with Crippen molar-refractivity contribution >= 4 is 17.5 Å². The molecule has 0 unspecified atom stereocenters. The van der Waals surface area contributed by atoms with Crippen LogP contribution in [-0.2, 0) is 0 Å². The summed E-state index contributed by atoms with van der Waals surface area (Å²) < 4.78 is 0. The minimum absolute atomic E-state index is 0.141. The topological polar surface area (TPSA) is 58.2 Å². The summed E-state index contributed by atoms with van der Waals surface area (Å²) in [5, 5.41) is 5.80. The molecule has 25 heavy (non-hydrogen) atoms. The van der Waals surface area contributed by atoms with Gasteiger partial charge >= 0.3 is 0 Å². The van der Waals surface area contributed by atoms with Crippen LogP contribution in [0.1, 0.15) is 58.0 Å². The first-order valence-corrected chi connectivity index (χ1v) is 8.78. The van der Waals surface area contributed by atoms with E-state index in [-0.39, 0.29) is 11.8 Å². The van der Waals surface area contributed by atoms with E-state index in [1.165, 1.54) is 0 Å². The zero-order chi connectivity index (χ0) is 18.2. The molecule has 0 saturated carbocycles. The van der Waals surface area contributed by atoms with Gasteiger partial charge in [0.2, 0.25) is 0 Å². The van der Waals surface area contributed by atoms with Crippen LogP contribution in [-0.4, -0.2) is 18.4 Å². The highest BCUT2D eigenvalue weighted by molar-refractivity contribution is 6.06. The summed E-state index contributed by atoms with van der Waals surface area (Å²) in [6.07, 6.45) is 3.18. The largest absolute Gasteiger partial charge is 0.352 e. The molecule has 0 saturated heterocycles. The zero-order valence-electron chi connectivity index (χ0n) is 15.2. The standard InChI is InChI=1S/C21H26N2O2/c1-4-5-6-12-22-20(24)17-8-7-9-18(14-17)21(25)23-19-11-10-15(2)13-16(19)3/h7-11,13-14H,4-6,12H2,1-3H3,(H,22,24)(H,23,25). The maximum absolute atomic E-state index is 12.5. The smallest absolute Gasteiger partial charge is 0.255 e. The third kappa shape index (κ3) is 5.45. The lowest BCUT2D eigenvalue weighted by Gasteiger charge is -2.10. The number of unbranched alkanes of at least 4 members (excludes halogenated alkanes) is 2. The Balaban J connectivity index is 2.04. The number of benzene rings is 2. The number of nitrogens with one attached hydrogen (secondary N) is 2. The van der Waals surface area contributed by atoms with Gasteiger partial charge in [0.15, 0.2) is 0 Å². The fourth-order valence-electron chi connectivity index (χ4n) is 2.63. The molecule has 2 rings (SSSR count). The minimum atomic E-state index is -0.215. The second kappa shape index (κ2) is 9.02. The van der Waals surface area contributed by atoms with Crippen molar-refractivity contribution in [3.63, 3.8) is 0 Å². The summed E-state index contributed by atoms with van der Waals surface area (Å²) in [5.74, 6) is -0.357. The van der Waals surface area contributed by atoms with Crippen LogP contribution in [0, 0.1) is 13.8 Å². The molecule has 2 aromatic rings. The molecule has 132 valence electrons. The summed E-state index contributed by atoms with van der Waals surface area (Å²) >= 11 is 0. The van der Waals surface area contributed by atoms with Gasteiger partial charge in [-0.2, -0.15) is 0 Å². The van der Waals surface area contributed by atoms with Crippen LogP contribution in [0.5, 0.6) is 0 Å². The number of carbonyl (C=O) groups excluding carboxylic acids is 2. The van der Waals surface area contributed by atoms with E-state index < -0.39 is 0 Å². The Morgan fingerprint density at radius 1 is 0.920 bits per heavy atom. The van der Waals surface area contributed by atoms with Crippen molar-refractivity contribution in [2.75, 3.05) is 11.9 Å². The average molecular weight is 338 g/mol. The summed E-state index contributed by atoms with van der Waals surface area (Å²) in [6, 6.07) is 12.7. The Hall–Kier alpha value is -2.62. The molecule has 2 amide bonds. The van der Waals surface area contributed by atoms with Crippen molar-refractivity contribution in [1.82, 2.24) is 5.32 Å². The molecule has 0 atom stereocenters. The van der Waals surface area contributed by atoms with E-state index in [0.717, 1.165) is 36.1 Å². The van der Waals surface area contributed by atoms with Crippen LogP contribution in [0.4, 0.5) is 5.69 Å². The predicted molar refractivity (Wildman–Crippen MR) is 102 cm³/mol.